The van der Waals surface area contributed by atoms with Gasteiger partial charge in [-0.05, 0) is 42.7 Å². The van der Waals surface area contributed by atoms with Crippen LogP contribution in [0.3, 0.4) is 0 Å². The van der Waals surface area contributed by atoms with Gasteiger partial charge in [0.05, 0.1) is 9.90 Å². The summed E-state index contributed by atoms with van der Waals surface area (Å²) in [6, 6.07) is 4.98. The van der Waals surface area contributed by atoms with Crippen molar-refractivity contribution in [3.63, 3.8) is 0 Å². The third-order valence-electron chi connectivity index (χ3n) is 5.68. The quantitative estimate of drug-likeness (QED) is 0.526. The molecule has 4 rings (SSSR count). The Morgan fingerprint density at radius 1 is 1.32 bits per heavy atom. The summed E-state index contributed by atoms with van der Waals surface area (Å²) in [5, 5.41) is 8.80. The van der Waals surface area contributed by atoms with Crippen LogP contribution in [0.4, 0.5) is 10.2 Å². The summed E-state index contributed by atoms with van der Waals surface area (Å²) in [5.74, 6) is 4.83. The first-order chi connectivity index (χ1) is 16.4. The molecule has 1 aliphatic heterocycles. The smallest absolute Gasteiger partial charge is 0.278 e. The fourth-order valence-electron chi connectivity index (χ4n) is 3.77. The zero-order valence-electron chi connectivity index (χ0n) is 18.6. The zero-order valence-corrected chi connectivity index (χ0v) is 20.1. The zero-order chi connectivity index (χ0) is 24.1. The number of hydrogen-bond acceptors (Lipinski definition) is 5. The second-order valence-corrected chi connectivity index (χ2v) is 9.42. The molecule has 0 saturated carbocycles. The number of carbonyl (C=O) groups excluding carboxylic acids is 2. The lowest BCUT2D eigenvalue weighted by Gasteiger charge is -2.31. The predicted octanol–water partition coefficient (Wildman–Crippen LogP) is 4.43. The van der Waals surface area contributed by atoms with Crippen molar-refractivity contribution in [2.24, 2.45) is 5.92 Å². The molecule has 3 aromatic heterocycles. The first-order valence-electron chi connectivity index (χ1n) is 10.9. The van der Waals surface area contributed by atoms with Gasteiger partial charge in [0.15, 0.2) is 17.3 Å². The van der Waals surface area contributed by atoms with E-state index in [9.17, 15) is 14.0 Å². The molecular formula is C24H23ClFN5O2S. The molecule has 0 unspecified atom stereocenters. The lowest BCUT2D eigenvalue weighted by molar-refractivity contribution is -0.130. The van der Waals surface area contributed by atoms with E-state index >= 15 is 0 Å². The average molecular weight is 500 g/mol. The summed E-state index contributed by atoms with van der Waals surface area (Å²) in [4.78, 5) is 30.8. The predicted molar refractivity (Wildman–Crippen MR) is 129 cm³/mol. The fraction of sp³-hybridized carbons (Fsp3) is 0.333. The van der Waals surface area contributed by atoms with E-state index in [-0.39, 0.29) is 22.4 Å². The molecule has 1 aliphatic rings. The standard InChI is InChI=1S/C24H23ClFN5O2S/c1-16(32)30-9-6-17(7-10-30)8-11-31-15-20(25)22(29-31)24(33)28-23-21(26)13-18(14-27-23)4-5-19-3-2-12-34-19/h2-3,12-15,17H,6-11H2,1H3,(H,27,28,33). The highest BCUT2D eigenvalue weighted by Crippen LogP contribution is 2.23. The van der Waals surface area contributed by atoms with Gasteiger partial charge in [-0.2, -0.15) is 5.10 Å². The Hall–Kier alpha value is -3.22. The molecule has 0 spiro atoms. The number of likely N-dealkylation sites (tertiary alicyclic amines) is 1. The molecular weight excluding hydrogens is 477 g/mol. The van der Waals surface area contributed by atoms with Gasteiger partial charge in [-0.1, -0.05) is 29.5 Å². The molecule has 0 bridgehead atoms. The van der Waals surface area contributed by atoms with Crippen molar-refractivity contribution in [1.29, 1.82) is 0 Å². The van der Waals surface area contributed by atoms with Crippen LogP contribution in [0.2, 0.25) is 5.02 Å². The highest BCUT2D eigenvalue weighted by atomic mass is 35.5. The summed E-state index contributed by atoms with van der Waals surface area (Å²) in [7, 11) is 0. The van der Waals surface area contributed by atoms with E-state index in [4.69, 9.17) is 11.6 Å². The van der Waals surface area contributed by atoms with Gasteiger partial charge in [0, 0.05) is 44.5 Å². The number of amides is 2. The van der Waals surface area contributed by atoms with Crippen molar-refractivity contribution in [3.8, 4) is 11.8 Å². The third-order valence-corrected chi connectivity index (χ3v) is 6.74. The van der Waals surface area contributed by atoms with E-state index in [1.165, 1.54) is 23.6 Å². The SMILES string of the molecule is CC(=O)N1CCC(CCn2cc(Cl)c(C(=O)Nc3ncc(C#Cc4cccs4)cc3F)n2)CC1. The molecule has 1 saturated heterocycles. The van der Waals surface area contributed by atoms with Crippen molar-refractivity contribution >= 4 is 40.6 Å². The lowest BCUT2D eigenvalue weighted by atomic mass is 9.93. The lowest BCUT2D eigenvalue weighted by Crippen LogP contribution is -2.37. The average Bonchev–Trinajstić information content (AvgIpc) is 3.47. The van der Waals surface area contributed by atoms with E-state index in [0.29, 0.717) is 18.0 Å². The summed E-state index contributed by atoms with van der Waals surface area (Å²) in [6.45, 7) is 3.73. The number of hydrogen-bond donors (Lipinski definition) is 1. The van der Waals surface area contributed by atoms with E-state index < -0.39 is 11.7 Å². The summed E-state index contributed by atoms with van der Waals surface area (Å²) >= 11 is 7.71. The Bertz CT molecular complexity index is 1240. The maximum atomic E-state index is 14.5. The highest BCUT2D eigenvalue weighted by molar-refractivity contribution is 7.10. The van der Waals surface area contributed by atoms with Gasteiger partial charge in [0.25, 0.3) is 5.91 Å². The number of pyridine rings is 1. The van der Waals surface area contributed by atoms with Gasteiger partial charge >= 0.3 is 0 Å². The van der Waals surface area contributed by atoms with Gasteiger partial charge in [-0.25, -0.2) is 9.37 Å². The van der Waals surface area contributed by atoms with Crippen molar-refractivity contribution in [1.82, 2.24) is 19.7 Å². The second-order valence-electron chi connectivity index (χ2n) is 8.06. The largest absolute Gasteiger partial charge is 0.343 e. The molecule has 3 aromatic rings. The molecule has 34 heavy (non-hydrogen) atoms. The molecule has 1 N–H and O–H groups in total. The fourth-order valence-corrected chi connectivity index (χ4v) is 4.57. The van der Waals surface area contributed by atoms with Crippen molar-refractivity contribution < 1.29 is 14.0 Å². The van der Waals surface area contributed by atoms with Crippen LogP contribution in [0, 0.1) is 23.6 Å². The summed E-state index contributed by atoms with van der Waals surface area (Å²) in [5.41, 5.74) is 0.413. The molecule has 7 nitrogen and oxygen atoms in total. The number of nitrogens with zero attached hydrogens (tertiary/aromatic N) is 4. The number of nitrogens with one attached hydrogen (secondary N) is 1. The minimum atomic E-state index is -0.696. The topological polar surface area (TPSA) is 80.1 Å². The first kappa shape index (κ1) is 23.9. The molecule has 2 amide bonds. The molecule has 10 heteroatoms. The van der Waals surface area contributed by atoms with E-state index in [1.807, 2.05) is 22.4 Å². The van der Waals surface area contributed by atoms with Crippen LogP contribution in [0.15, 0.2) is 36.0 Å². The Kier molecular flexibility index (Phi) is 7.60. The van der Waals surface area contributed by atoms with E-state index in [2.05, 4.69) is 27.2 Å². The first-order valence-corrected chi connectivity index (χ1v) is 12.2. The molecule has 1 fully saturated rings. The van der Waals surface area contributed by atoms with Crippen LogP contribution in [-0.4, -0.2) is 44.6 Å². The monoisotopic (exact) mass is 499 g/mol. The number of carbonyl (C=O) groups is 2. The Balaban J connectivity index is 1.34. The number of thiophene rings is 1. The highest BCUT2D eigenvalue weighted by Gasteiger charge is 2.22. The third kappa shape index (κ3) is 6.01. The number of halogens is 2. The van der Waals surface area contributed by atoms with Gasteiger partial charge in [0.2, 0.25) is 5.91 Å². The minimum Gasteiger partial charge on any atom is -0.343 e. The van der Waals surface area contributed by atoms with E-state index in [0.717, 1.165) is 37.2 Å². The number of anilines is 1. The van der Waals surface area contributed by atoms with Crippen molar-refractivity contribution in [2.75, 3.05) is 18.4 Å². The number of aryl methyl sites for hydroxylation is 1. The molecule has 0 aliphatic carbocycles. The summed E-state index contributed by atoms with van der Waals surface area (Å²) in [6.07, 6.45) is 5.75. The molecule has 176 valence electrons. The molecule has 0 aromatic carbocycles. The Labute approximate surface area is 205 Å². The molecule has 4 heterocycles. The number of aromatic nitrogens is 3. The van der Waals surface area contributed by atoms with Crippen LogP contribution in [0.25, 0.3) is 0 Å². The van der Waals surface area contributed by atoms with Crippen LogP contribution in [-0.2, 0) is 11.3 Å². The normalized spacial score (nSPS) is 13.9. The maximum absolute atomic E-state index is 14.5. The summed E-state index contributed by atoms with van der Waals surface area (Å²) < 4.78 is 16.1. The van der Waals surface area contributed by atoms with Gasteiger partial charge < -0.3 is 10.2 Å². The second kappa shape index (κ2) is 10.8. The van der Waals surface area contributed by atoms with Crippen LogP contribution >= 0.6 is 22.9 Å². The van der Waals surface area contributed by atoms with Gasteiger partial charge in [-0.3, -0.25) is 14.3 Å². The number of rotatable bonds is 5. The van der Waals surface area contributed by atoms with Gasteiger partial charge in [-0.15, -0.1) is 11.3 Å². The Morgan fingerprint density at radius 2 is 2.12 bits per heavy atom. The maximum Gasteiger partial charge on any atom is 0.278 e. The van der Waals surface area contributed by atoms with Crippen LogP contribution in [0.1, 0.15) is 47.1 Å². The Morgan fingerprint density at radius 3 is 2.79 bits per heavy atom. The van der Waals surface area contributed by atoms with Crippen LogP contribution < -0.4 is 5.32 Å². The van der Waals surface area contributed by atoms with Gasteiger partial charge in [0.1, 0.15) is 0 Å². The molecule has 0 atom stereocenters. The van der Waals surface area contributed by atoms with Crippen molar-refractivity contribution in [3.05, 3.63) is 62.9 Å². The molecule has 0 radical (unpaired) electrons. The van der Waals surface area contributed by atoms with E-state index in [1.54, 1.807) is 17.8 Å². The van der Waals surface area contributed by atoms with Crippen molar-refractivity contribution in [2.45, 2.75) is 32.7 Å². The number of piperidine rings is 1. The van der Waals surface area contributed by atoms with Crippen LogP contribution in [0.5, 0.6) is 0 Å². The minimum absolute atomic E-state index is 0.0100.